The molecule has 1 aromatic carbocycles. The van der Waals surface area contributed by atoms with Gasteiger partial charge in [-0.2, -0.15) is 0 Å². The second-order valence-corrected chi connectivity index (χ2v) is 3.58. The third kappa shape index (κ3) is 5.70. The second-order valence-electron chi connectivity index (χ2n) is 3.58. The average Bonchev–Trinajstić information content (AvgIpc) is 2.28. The topological polar surface area (TPSA) is 67.5 Å². The molecule has 0 unspecified atom stereocenters. The number of aliphatic hydroxyl groups excluding tert-OH is 1. The first-order chi connectivity index (χ1) is 7.83. The number of hydrogen-bond donors (Lipinski definition) is 3. The Morgan fingerprint density at radius 2 is 2.12 bits per heavy atom. The molecule has 0 atom stereocenters. The fraction of sp³-hybridized carbons (Fsp3) is 0.500. The van der Waals surface area contributed by atoms with Crippen LogP contribution in [0.2, 0.25) is 0 Å². The quantitative estimate of drug-likeness (QED) is 0.442. The van der Waals surface area contributed by atoms with Gasteiger partial charge < -0.3 is 20.9 Å². The van der Waals surface area contributed by atoms with E-state index < -0.39 is 0 Å². The van der Waals surface area contributed by atoms with Crippen molar-refractivity contribution < 1.29 is 9.84 Å². The summed E-state index contributed by atoms with van der Waals surface area (Å²) in [4.78, 5) is 0. The van der Waals surface area contributed by atoms with Crippen molar-refractivity contribution in [2.75, 3.05) is 38.6 Å². The molecule has 0 aliphatic heterocycles. The van der Waals surface area contributed by atoms with Gasteiger partial charge in [0.1, 0.15) is 0 Å². The molecule has 0 aliphatic rings. The first kappa shape index (κ1) is 13.0. The molecule has 4 heteroatoms. The van der Waals surface area contributed by atoms with Gasteiger partial charge in [-0.25, -0.2) is 0 Å². The van der Waals surface area contributed by atoms with E-state index in [-0.39, 0.29) is 6.61 Å². The normalized spacial score (nSPS) is 10.6. The van der Waals surface area contributed by atoms with E-state index in [4.69, 9.17) is 15.6 Å². The Morgan fingerprint density at radius 1 is 1.25 bits per heavy atom. The van der Waals surface area contributed by atoms with Crippen LogP contribution in [0.15, 0.2) is 24.3 Å². The van der Waals surface area contributed by atoms with Crippen molar-refractivity contribution in [2.24, 2.45) is 0 Å². The molecule has 0 aliphatic carbocycles. The van der Waals surface area contributed by atoms with Crippen LogP contribution >= 0.6 is 0 Å². The first-order valence-corrected chi connectivity index (χ1v) is 5.56. The molecule has 1 aromatic rings. The molecule has 0 saturated carbocycles. The van der Waals surface area contributed by atoms with Crippen LogP contribution in [-0.2, 0) is 11.2 Å². The molecule has 16 heavy (non-hydrogen) atoms. The van der Waals surface area contributed by atoms with Crippen molar-refractivity contribution in [3.8, 4) is 0 Å². The highest BCUT2D eigenvalue weighted by molar-refractivity contribution is 5.40. The van der Waals surface area contributed by atoms with Crippen LogP contribution in [0.5, 0.6) is 0 Å². The summed E-state index contributed by atoms with van der Waals surface area (Å²) in [5, 5.41) is 11.8. The van der Waals surface area contributed by atoms with Gasteiger partial charge in [0.15, 0.2) is 0 Å². The number of aliphatic hydroxyl groups is 1. The molecule has 0 fully saturated rings. The van der Waals surface area contributed by atoms with Gasteiger partial charge >= 0.3 is 0 Å². The summed E-state index contributed by atoms with van der Waals surface area (Å²) in [5.41, 5.74) is 7.73. The highest BCUT2D eigenvalue weighted by Gasteiger charge is 1.93. The van der Waals surface area contributed by atoms with Crippen molar-refractivity contribution in [1.29, 1.82) is 0 Å². The van der Waals surface area contributed by atoms with Gasteiger partial charge in [-0.1, -0.05) is 12.1 Å². The summed E-state index contributed by atoms with van der Waals surface area (Å²) in [6, 6.07) is 7.92. The van der Waals surface area contributed by atoms with Gasteiger partial charge in [0, 0.05) is 12.2 Å². The number of nitrogen functional groups attached to an aromatic ring is 1. The minimum absolute atomic E-state index is 0.0866. The molecular formula is C12H20N2O2. The SMILES string of the molecule is Nc1cccc(CCNCCOCCO)c1. The molecule has 4 N–H and O–H groups in total. The number of anilines is 1. The van der Waals surface area contributed by atoms with Gasteiger partial charge in [0.2, 0.25) is 0 Å². The highest BCUT2D eigenvalue weighted by atomic mass is 16.5. The van der Waals surface area contributed by atoms with Crippen LogP contribution in [0, 0.1) is 0 Å². The number of ether oxygens (including phenoxy) is 1. The zero-order valence-electron chi connectivity index (χ0n) is 9.48. The molecule has 90 valence electrons. The van der Waals surface area contributed by atoms with Gasteiger partial charge in [0.25, 0.3) is 0 Å². The summed E-state index contributed by atoms with van der Waals surface area (Å²) < 4.78 is 5.12. The second kappa shape index (κ2) is 8.10. The van der Waals surface area contributed by atoms with Crippen molar-refractivity contribution in [1.82, 2.24) is 5.32 Å². The fourth-order valence-corrected chi connectivity index (χ4v) is 1.42. The molecule has 0 amide bonds. The third-order valence-electron chi connectivity index (χ3n) is 2.20. The minimum Gasteiger partial charge on any atom is -0.399 e. The lowest BCUT2D eigenvalue weighted by Crippen LogP contribution is -2.22. The molecule has 0 aromatic heterocycles. The van der Waals surface area contributed by atoms with E-state index in [1.807, 2.05) is 18.2 Å². The van der Waals surface area contributed by atoms with Gasteiger partial charge in [-0.05, 0) is 30.7 Å². The lowest BCUT2D eigenvalue weighted by Gasteiger charge is -2.05. The monoisotopic (exact) mass is 224 g/mol. The van der Waals surface area contributed by atoms with Gasteiger partial charge in [-0.15, -0.1) is 0 Å². The van der Waals surface area contributed by atoms with Crippen LogP contribution in [-0.4, -0.2) is 38.0 Å². The van der Waals surface area contributed by atoms with E-state index in [2.05, 4.69) is 11.4 Å². The number of nitrogens with two attached hydrogens (primary N) is 1. The molecule has 1 rings (SSSR count). The zero-order valence-corrected chi connectivity index (χ0v) is 9.48. The zero-order chi connectivity index (χ0) is 11.6. The summed E-state index contributed by atoms with van der Waals surface area (Å²) >= 11 is 0. The summed E-state index contributed by atoms with van der Waals surface area (Å²) in [5.74, 6) is 0. The van der Waals surface area contributed by atoms with E-state index in [9.17, 15) is 0 Å². The number of rotatable bonds is 8. The third-order valence-corrected chi connectivity index (χ3v) is 2.20. The fourth-order valence-electron chi connectivity index (χ4n) is 1.42. The van der Waals surface area contributed by atoms with Crippen LogP contribution in [0.4, 0.5) is 5.69 Å². The lowest BCUT2D eigenvalue weighted by atomic mass is 10.1. The summed E-state index contributed by atoms with van der Waals surface area (Å²) in [6.45, 7) is 2.85. The van der Waals surface area contributed by atoms with E-state index in [1.54, 1.807) is 0 Å². The maximum atomic E-state index is 8.49. The van der Waals surface area contributed by atoms with Crippen LogP contribution < -0.4 is 11.1 Å². The number of hydrogen-bond acceptors (Lipinski definition) is 4. The predicted molar refractivity (Wildman–Crippen MR) is 65.3 cm³/mol. The Morgan fingerprint density at radius 3 is 2.88 bits per heavy atom. The van der Waals surface area contributed by atoms with E-state index in [0.29, 0.717) is 13.2 Å². The van der Waals surface area contributed by atoms with Crippen LogP contribution in [0.1, 0.15) is 5.56 Å². The van der Waals surface area contributed by atoms with Gasteiger partial charge in [-0.3, -0.25) is 0 Å². The smallest absolute Gasteiger partial charge is 0.0698 e. The Hall–Kier alpha value is -1.10. The standard InChI is InChI=1S/C12H20N2O2/c13-12-3-1-2-11(10-12)4-5-14-6-8-16-9-7-15/h1-3,10,14-15H,4-9,13H2. The average molecular weight is 224 g/mol. The van der Waals surface area contributed by atoms with Gasteiger partial charge in [0.05, 0.1) is 19.8 Å². The first-order valence-electron chi connectivity index (χ1n) is 5.56. The predicted octanol–water partition coefficient (Wildman–Crippen LogP) is 0.410. The van der Waals surface area contributed by atoms with Crippen LogP contribution in [0.25, 0.3) is 0 Å². The molecule has 0 heterocycles. The minimum atomic E-state index is 0.0866. The van der Waals surface area contributed by atoms with E-state index in [0.717, 1.165) is 25.2 Å². The molecular weight excluding hydrogens is 204 g/mol. The molecule has 0 spiro atoms. The maximum absolute atomic E-state index is 8.49. The largest absolute Gasteiger partial charge is 0.399 e. The van der Waals surface area contributed by atoms with E-state index in [1.165, 1.54) is 5.56 Å². The van der Waals surface area contributed by atoms with Crippen LogP contribution in [0.3, 0.4) is 0 Å². The molecule has 0 saturated heterocycles. The molecule has 0 radical (unpaired) electrons. The van der Waals surface area contributed by atoms with E-state index >= 15 is 0 Å². The molecule has 0 bridgehead atoms. The summed E-state index contributed by atoms with van der Waals surface area (Å²) in [7, 11) is 0. The summed E-state index contributed by atoms with van der Waals surface area (Å²) in [6.07, 6.45) is 0.963. The Labute approximate surface area is 96.4 Å². The van der Waals surface area contributed by atoms with Crippen molar-refractivity contribution in [2.45, 2.75) is 6.42 Å². The van der Waals surface area contributed by atoms with Crippen molar-refractivity contribution >= 4 is 5.69 Å². The Bertz CT molecular complexity index is 292. The van der Waals surface area contributed by atoms with Crippen molar-refractivity contribution in [3.05, 3.63) is 29.8 Å². The number of benzene rings is 1. The highest BCUT2D eigenvalue weighted by Crippen LogP contribution is 2.06. The molecule has 4 nitrogen and oxygen atoms in total. The maximum Gasteiger partial charge on any atom is 0.0698 e. The van der Waals surface area contributed by atoms with Crippen molar-refractivity contribution in [3.63, 3.8) is 0 Å². The Kier molecular flexibility index (Phi) is 6.56. The Balaban J connectivity index is 2.03. The lowest BCUT2D eigenvalue weighted by molar-refractivity contribution is 0.0940. The number of nitrogens with one attached hydrogen (secondary N) is 1.